The van der Waals surface area contributed by atoms with E-state index in [2.05, 4.69) is 9.97 Å². The van der Waals surface area contributed by atoms with E-state index in [1.54, 1.807) is 19.1 Å². The molecule has 0 radical (unpaired) electrons. The van der Waals surface area contributed by atoms with Crippen LogP contribution < -0.4 is 4.74 Å². The Labute approximate surface area is 150 Å². The maximum atomic E-state index is 12.4. The van der Waals surface area contributed by atoms with Gasteiger partial charge in [-0.2, -0.15) is 4.31 Å². The Balaban J connectivity index is 1.67. The third kappa shape index (κ3) is 4.42. The quantitative estimate of drug-likeness (QED) is 0.706. The van der Waals surface area contributed by atoms with Crippen molar-refractivity contribution < 1.29 is 17.9 Å². The zero-order chi connectivity index (χ0) is 18.2. The van der Waals surface area contributed by atoms with Gasteiger partial charge in [0.1, 0.15) is 22.6 Å². The minimum Gasteiger partial charge on any atom is -0.488 e. The van der Waals surface area contributed by atoms with Crippen molar-refractivity contribution in [3.05, 3.63) is 39.6 Å². The second-order valence-corrected chi connectivity index (χ2v) is 9.06. The molecule has 0 amide bonds. The molecule has 3 rings (SSSR count). The van der Waals surface area contributed by atoms with Gasteiger partial charge >= 0.3 is 0 Å². The zero-order valence-corrected chi connectivity index (χ0v) is 15.9. The van der Waals surface area contributed by atoms with Gasteiger partial charge in [-0.1, -0.05) is 0 Å². The van der Waals surface area contributed by atoms with E-state index >= 15 is 0 Å². The standard InChI is InChI=1S/C16H19N3O4S2/c1-10-4-12(23-13-7-19(8-13)25(3,21)22)5-14(17-10)15(20)6-16-18-11(2)9-24-16/h4-5,9,13H,6-8H2,1-3H3. The summed E-state index contributed by atoms with van der Waals surface area (Å²) in [5.74, 6) is 0.415. The van der Waals surface area contributed by atoms with Crippen LogP contribution in [-0.4, -0.2) is 53.9 Å². The summed E-state index contributed by atoms with van der Waals surface area (Å²) in [6.45, 7) is 4.32. The molecule has 2 aromatic heterocycles. The van der Waals surface area contributed by atoms with Crippen molar-refractivity contribution in [3.63, 3.8) is 0 Å². The van der Waals surface area contributed by atoms with E-state index in [1.807, 2.05) is 12.3 Å². The van der Waals surface area contributed by atoms with Gasteiger partial charge in [0.15, 0.2) is 5.78 Å². The number of ether oxygens (including phenoxy) is 1. The normalized spacial score (nSPS) is 15.8. The predicted octanol–water partition coefficient (Wildman–Crippen LogP) is 1.60. The van der Waals surface area contributed by atoms with Crippen LogP contribution in [0.25, 0.3) is 0 Å². The smallest absolute Gasteiger partial charge is 0.211 e. The van der Waals surface area contributed by atoms with Crippen molar-refractivity contribution in [1.29, 1.82) is 0 Å². The Morgan fingerprint density at radius 2 is 2.00 bits per heavy atom. The fourth-order valence-corrected chi connectivity index (χ4v) is 4.14. The number of aryl methyl sites for hydroxylation is 2. The van der Waals surface area contributed by atoms with E-state index < -0.39 is 10.0 Å². The molecule has 2 aromatic rings. The van der Waals surface area contributed by atoms with Gasteiger partial charge in [-0.25, -0.2) is 18.4 Å². The lowest BCUT2D eigenvalue weighted by atomic mass is 10.1. The molecule has 3 heterocycles. The monoisotopic (exact) mass is 381 g/mol. The lowest BCUT2D eigenvalue weighted by Gasteiger charge is -2.36. The predicted molar refractivity (Wildman–Crippen MR) is 94.7 cm³/mol. The first-order valence-electron chi connectivity index (χ1n) is 7.75. The maximum absolute atomic E-state index is 12.4. The van der Waals surface area contributed by atoms with E-state index in [-0.39, 0.29) is 18.3 Å². The van der Waals surface area contributed by atoms with E-state index in [0.717, 1.165) is 10.7 Å². The number of pyridine rings is 1. The summed E-state index contributed by atoms with van der Waals surface area (Å²) >= 11 is 1.45. The average molecular weight is 381 g/mol. The van der Waals surface area contributed by atoms with Crippen LogP contribution in [0.5, 0.6) is 5.75 Å². The number of ketones is 1. The molecule has 0 spiro atoms. The molecule has 0 bridgehead atoms. The highest BCUT2D eigenvalue weighted by Gasteiger charge is 2.34. The second kappa shape index (κ2) is 6.81. The highest BCUT2D eigenvalue weighted by Crippen LogP contribution is 2.22. The molecule has 0 aromatic carbocycles. The van der Waals surface area contributed by atoms with Gasteiger partial charge in [0.2, 0.25) is 10.0 Å². The minimum atomic E-state index is -3.17. The molecule has 0 atom stereocenters. The van der Waals surface area contributed by atoms with Crippen LogP contribution in [0.15, 0.2) is 17.5 Å². The molecule has 1 saturated heterocycles. The summed E-state index contributed by atoms with van der Waals surface area (Å²) < 4.78 is 29.9. The first-order chi connectivity index (χ1) is 11.7. The van der Waals surface area contributed by atoms with Crippen LogP contribution in [0.4, 0.5) is 0 Å². The Hall–Kier alpha value is -1.84. The number of hydrogen-bond acceptors (Lipinski definition) is 7. The first-order valence-corrected chi connectivity index (χ1v) is 10.5. The van der Waals surface area contributed by atoms with Crippen LogP contribution in [0, 0.1) is 13.8 Å². The molecule has 0 N–H and O–H groups in total. The van der Waals surface area contributed by atoms with Crippen molar-refractivity contribution in [1.82, 2.24) is 14.3 Å². The Kier molecular flexibility index (Phi) is 4.90. The number of thiazole rings is 1. The van der Waals surface area contributed by atoms with Gasteiger partial charge in [-0.3, -0.25) is 4.79 Å². The van der Waals surface area contributed by atoms with E-state index in [9.17, 15) is 13.2 Å². The van der Waals surface area contributed by atoms with Crippen LogP contribution >= 0.6 is 11.3 Å². The fourth-order valence-electron chi connectivity index (χ4n) is 2.50. The van der Waals surface area contributed by atoms with Crippen LogP contribution in [0.3, 0.4) is 0 Å². The third-order valence-corrected chi connectivity index (χ3v) is 5.98. The number of carbonyl (C=O) groups excluding carboxylic acids is 1. The van der Waals surface area contributed by atoms with Gasteiger partial charge in [0.05, 0.1) is 25.8 Å². The topological polar surface area (TPSA) is 89.5 Å². The third-order valence-electron chi connectivity index (χ3n) is 3.78. The maximum Gasteiger partial charge on any atom is 0.211 e. The molecule has 134 valence electrons. The SMILES string of the molecule is Cc1cc(OC2CN(S(C)(=O)=O)C2)cc(C(=O)Cc2nc(C)cs2)n1. The number of rotatable bonds is 6. The molecule has 9 heteroatoms. The first kappa shape index (κ1) is 18.0. The van der Waals surface area contributed by atoms with Gasteiger partial charge < -0.3 is 4.74 Å². The summed E-state index contributed by atoms with van der Waals surface area (Å²) in [6.07, 6.45) is 1.18. The summed E-state index contributed by atoms with van der Waals surface area (Å²) in [6, 6.07) is 3.35. The molecule has 0 saturated carbocycles. The molecule has 0 aliphatic carbocycles. The molecular weight excluding hydrogens is 362 g/mol. The second-order valence-electron chi connectivity index (χ2n) is 6.13. The molecule has 0 unspecified atom stereocenters. The number of aromatic nitrogens is 2. The van der Waals surface area contributed by atoms with Gasteiger partial charge in [0, 0.05) is 28.9 Å². The molecule has 25 heavy (non-hydrogen) atoms. The van der Waals surface area contributed by atoms with E-state index in [0.29, 0.717) is 30.2 Å². The van der Waals surface area contributed by atoms with Crippen LogP contribution in [0.2, 0.25) is 0 Å². The molecule has 1 aliphatic rings. The number of Topliss-reactive ketones (excluding diaryl/α,β-unsaturated/α-hetero) is 1. The summed E-state index contributed by atoms with van der Waals surface area (Å²) in [7, 11) is -3.17. The van der Waals surface area contributed by atoms with E-state index in [1.165, 1.54) is 21.9 Å². The molecule has 7 nitrogen and oxygen atoms in total. The molecule has 1 fully saturated rings. The van der Waals surface area contributed by atoms with Crippen molar-refractivity contribution in [2.24, 2.45) is 0 Å². The van der Waals surface area contributed by atoms with Crippen LogP contribution in [0.1, 0.15) is 26.9 Å². The lowest BCUT2D eigenvalue weighted by Crippen LogP contribution is -2.55. The summed E-state index contributed by atoms with van der Waals surface area (Å²) in [5.41, 5.74) is 1.91. The largest absolute Gasteiger partial charge is 0.488 e. The van der Waals surface area contributed by atoms with Gasteiger partial charge in [-0.05, 0) is 13.8 Å². The van der Waals surface area contributed by atoms with Crippen molar-refractivity contribution in [2.45, 2.75) is 26.4 Å². The molecular formula is C16H19N3O4S2. The Bertz CT molecular complexity index is 902. The van der Waals surface area contributed by atoms with Gasteiger partial charge in [-0.15, -0.1) is 11.3 Å². The van der Waals surface area contributed by atoms with Crippen LogP contribution in [-0.2, 0) is 16.4 Å². The highest BCUT2D eigenvalue weighted by molar-refractivity contribution is 7.88. The summed E-state index contributed by atoms with van der Waals surface area (Å²) in [5, 5.41) is 2.67. The number of sulfonamides is 1. The summed E-state index contributed by atoms with van der Waals surface area (Å²) in [4.78, 5) is 21.0. The minimum absolute atomic E-state index is 0.116. The van der Waals surface area contributed by atoms with Gasteiger partial charge in [0.25, 0.3) is 0 Å². The number of hydrogen-bond donors (Lipinski definition) is 0. The number of carbonyl (C=O) groups is 1. The zero-order valence-electron chi connectivity index (χ0n) is 14.2. The average Bonchev–Trinajstić information content (AvgIpc) is 2.85. The van der Waals surface area contributed by atoms with E-state index in [4.69, 9.17) is 4.74 Å². The van der Waals surface area contributed by atoms with Crippen molar-refractivity contribution >= 4 is 27.1 Å². The fraction of sp³-hybridized carbons (Fsp3) is 0.438. The Morgan fingerprint density at radius 1 is 1.28 bits per heavy atom. The number of nitrogens with zero attached hydrogens (tertiary/aromatic N) is 3. The molecule has 1 aliphatic heterocycles. The lowest BCUT2D eigenvalue weighted by molar-refractivity contribution is 0.0763. The van der Waals surface area contributed by atoms with Crippen molar-refractivity contribution in [3.8, 4) is 5.75 Å². The highest BCUT2D eigenvalue weighted by atomic mass is 32.2. The Morgan fingerprint density at radius 3 is 2.60 bits per heavy atom. The van der Waals surface area contributed by atoms with Crippen molar-refractivity contribution in [2.75, 3.05) is 19.3 Å².